The quantitative estimate of drug-likeness (QED) is 0.782. The third kappa shape index (κ3) is 3.29. The monoisotopic (exact) mass is 353 g/mol. The predicted octanol–water partition coefficient (Wildman–Crippen LogP) is 2.87. The number of ether oxygens (including phenoxy) is 3. The van der Waals surface area contributed by atoms with Crippen molar-refractivity contribution in [2.75, 3.05) is 32.7 Å². The predicted molar refractivity (Wildman–Crippen MR) is 88.2 cm³/mol. The number of benzene rings is 1. The van der Waals surface area contributed by atoms with E-state index in [9.17, 15) is 9.59 Å². The topological polar surface area (TPSA) is 65.1 Å². The molecule has 0 atom stereocenters. The smallest absolute Gasteiger partial charge is 0.409 e. The molecule has 1 aromatic rings. The number of amides is 1. The van der Waals surface area contributed by atoms with Gasteiger partial charge in [-0.25, -0.2) is 4.79 Å². The molecule has 1 amide bonds. The standard InChI is InChI=1S/C17H20ClNO5/c1-22-12-2-3-13-14(20)11-17(24-15(13)10-12)4-7-19(8-5-17)16(21)23-9-6-18/h2-3,10H,4-9,11H2,1H3. The van der Waals surface area contributed by atoms with Gasteiger partial charge in [-0.2, -0.15) is 0 Å². The molecule has 130 valence electrons. The minimum Gasteiger partial charge on any atom is -0.497 e. The summed E-state index contributed by atoms with van der Waals surface area (Å²) in [5, 5.41) is 0. The van der Waals surface area contributed by atoms with Crippen molar-refractivity contribution < 1.29 is 23.8 Å². The first kappa shape index (κ1) is 16.9. The summed E-state index contributed by atoms with van der Waals surface area (Å²) < 4.78 is 16.4. The lowest BCUT2D eigenvalue weighted by atomic mass is 9.82. The van der Waals surface area contributed by atoms with Gasteiger partial charge in [0.1, 0.15) is 23.7 Å². The normalized spacial score (nSPS) is 18.8. The molecule has 2 aliphatic rings. The van der Waals surface area contributed by atoms with Gasteiger partial charge in [0.15, 0.2) is 5.78 Å². The lowest BCUT2D eigenvalue weighted by Crippen LogP contribution is -2.52. The number of Topliss-reactive ketones (excluding diaryl/α,β-unsaturated/α-hetero) is 1. The van der Waals surface area contributed by atoms with E-state index >= 15 is 0 Å². The Labute approximate surface area is 145 Å². The van der Waals surface area contributed by atoms with Gasteiger partial charge in [-0.1, -0.05) is 0 Å². The molecule has 6 nitrogen and oxygen atoms in total. The van der Waals surface area contributed by atoms with E-state index in [0.29, 0.717) is 49.4 Å². The second-order valence-electron chi connectivity index (χ2n) is 6.04. The van der Waals surface area contributed by atoms with Crippen molar-refractivity contribution in [3.05, 3.63) is 23.8 Å². The Kier molecular flexibility index (Phi) is 4.85. The van der Waals surface area contributed by atoms with Crippen molar-refractivity contribution in [2.24, 2.45) is 0 Å². The van der Waals surface area contributed by atoms with Crippen LogP contribution in [0.5, 0.6) is 11.5 Å². The van der Waals surface area contributed by atoms with Gasteiger partial charge in [0.25, 0.3) is 0 Å². The average Bonchev–Trinajstić information content (AvgIpc) is 2.59. The largest absolute Gasteiger partial charge is 0.497 e. The Morgan fingerprint density at radius 1 is 1.38 bits per heavy atom. The van der Waals surface area contributed by atoms with E-state index in [2.05, 4.69) is 0 Å². The zero-order chi connectivity index (χ0) is 17.2. The summed E-state index contributed by atoms with van der Waals surface area (Å²) >= 11 is 5.53. The highest BCUT2D eigenvalue weighted by Gasteiger charge is 2.44. The number of methoxy groups -OCH3 is 1. The van der Waals surface area contributed by atoms with E-state index in [1.807, 2.05) is 0 Å². The number of fused-ring (bicyclic) bond motifs is 1. The van der Waals surface area contributed by atoms with Gasteiger partial charge < -0.3 is 19.1 Å². The molecule has 0 aromatic heterocycles. The fraction of sp³-hybridized carbons (Fsp3) is 0.529. The number of carbonyl (C=O) groups excluding carboxylic acids is 2. The van der Waals surface area contributed by atoms with Crippen LogP contribution in [0.25, 0.3) is 0 Å². The molecular formula is C17H20ClNO5. The summed E-state index contributed by atoms with van der Waals surface area (Å²) in [5.41, 5.74) is 0.0325. The molecule has 0 radical (unpaired) electrons. The molecule has 1 fully saturated rings. The maximum atomic E-state index is 12.5. The lowest BCUT2D eigenvalue weighted by molar-refractivity contribution is -0.00863. The second kappa shape index (κ2) is 6.89. The third-order valence-electron chi connectivity index (χ3n) is 4.53. The van der Waals surface area contributed by atoms with Crippen molar-refractivity contribution in [2.45, 2.75) is 24.9 Å². The van der Waals surface area contributed by atoms with Crippen molar-refractivity contribution in [1.29, 1.82) is 0 Å². The number of likely N-dealkylation sites (tertiary alicyclic amines) is 1. The third-order valence-corrected chi connectivity index (χ3v) is 4.69. The van der Waals surface area contributed by atoms with Gasteiger partial charge in [-0.15, -0.1) is 11.6 Å². The fourth-order valence-electron chi connectivity index (χ4n) is 3.19. The van der Waals surface area contributed by atoms with Crippen LogP contribution < -0.4 is 9.47 Å². The van der Waals surface area contributed by atoms with Crippen molar-refractivity contribution >= 4 is 23.5 Å². The van der Waals surface area contributed by atoms with Crippen molar-refractivity contribution in [3.63, 3.8) is 0 Å². The molecule has 1 spiro atoms. The zero-order valence-corrected chi connectivity index (χ0v) is 14.3. The molecule has 3 rings (SSSR count). The summed E-state index contributed by atoms with van der Waals surface area (Å²) in [5.74, 6) is 1.56. The Balaban J connectivity index is 1.70. The van der Waals surface area contributed by atoms with Crippen LogP contribution in [0, 0.1) is 0 Å². The van der Waals surface area contributed by atoms with E-state index in [1.165, 1.54) is 0 Å². The van der Waals surface area contributed by atoms with Crippen LogP contribution in [0.4, 0.5) is 4.79 Å². The number of hydrogen-bond donors (Lipinski definition) is 0. The maximum Gasteiger partial charge on any atom is 0.409 e. The number of halogens is 1. The summed E-state index contributed by atoms with van der Waals surface area (Å²) in [6.45, 7) is 1.19. The first-order valence-electron chi connectivity index (χ1n) is 7.95. The van der Waals surface area contributed by atoms with Crippen LogP contribution in [0.1, 0.15) is 29.6 Å². The molecule has 24 heavy (non-hydrogen) atoms. The van der Waals surface area contributed by atoms with E-state index < -0.39 is 5.60 Å². The van der Waals surface area contributed by atoms with Crippen LogP contribution >= 0.6 is 11.6 Å². The van der Waals surface area contributed by atoms with Gasteiger partial charge in [0.2, 0.25) is 0 Å². The van der Waals surface area contributed by atoms with Crippen LogP contribution in [-0.4, -0.2) is 55.1 Å². The number of hydrogen-bond acceptors (Lipinski definition) is 5. The SMILES string of the molecule is COc1ccc2c(c1)OC1(CCN(C(=O)OCCCl)CC1)CC2=O. The summed E-state index contributed by atoms with van der Waals surface area (Å²) in [6, 6.07) is 5.24. The van der Waals surface area contributed by atoms with Crippen LogP contribution in [0.2, 0.25) is 0 Å². The Morgan fingerprint density at radius 3 is 2.79 bits per heavy atom. The van der Waals surface area contributed by atoms with E-state index in [4.69, 9.17) is 25.8 Å². The van der Waals surface area contributed by atoms with Crippen molar-refractivity contribution in [1.82, 2.24) is 4.90 Å². The second-order valence-corrected chi connectivity index (χ2v) is 6.42. The molecule has 0 saturated carbocycles. The molecule has 0 bridgehead atoms. The fourth-order valence-corrected chi connectivity index (χ4v) is 3.27. The van der Waals surface area contributed by atoms with E-state index in [1.54, 1.807) is 30.2 Å². The Hall–Kier alpha value is -1.95. The summed E-state index contributed by atoms with van der Waals surface area (Å²) in [7, 11) is 1.58. The van der Waals surface area contributed by atoms with Crippen LogP contribution in [-0.2, 0) is 4.74 Å². The van der Waals surface area contributed by atoms with Gasteiger partial charge >= 0.3 is 6.09 Å². The minimum atomic E-state index is -0.556. The highest BCUT2D eigenvalue weighted by molar-refractivity contribution is 6.18. The average molecular weight is 354 g/mol. The first-order valence-corrected chi connectivity index (χ1v) is 8.48. The molecule has 2 aliphatic heterocycles. The molecule has 7 heteroatoms. The number of piperidine rings is 1. The molecular weight excluding hydrogens is 334 g/mol. The molecule has 1 aromatic carbocycles. The Morgan fingerprint density at radius 2 is 2.12 bits per heavy atom. The minimum absolute atomic E-state index is 0.0667. The van der Waals surface area contributed by atoms with Gasteiger partial charge in [-0.05, 0) is 12.1 Å². The van der Waals surface area contributed by atoms with Crippen molar-refractivity contribution in [3.8, 4) is 11.5 Å². The number of carbonyl (C=O) groups is 2. The van der Waals surface area contributed by atoms with Crippen LogP contribution in [0.3, 0.4) is 0 Å². The van der Waals surface area contributed by atoms with Gasteiger partial charge in [-0.3, -0.25) is 4.79 Å². The first-order chi connectivity index (χ1) is 11.6. The van der Waals surface area contributed by atoms with Gasteiger partial charge in [0.05, 0.1) is 25.0 Å². The molecule has 1 saturated heterocycles. The number of nitrogens with zero attached hydrogens (tertiary/aromatic N) is 1. The number of rotatable bonds is 3. The van der Waals surface area contributed by atoms with E-state index in [-0.39, 0.29) is 24.4 Å². The maximum absolute atomic E-state index is 12.5. The van der Waals surface area contributed by atoms with E-state index in [0.717, 1.165) is 0 Å². The molecule has 0 unspecified atom stereocenters. The lowest BCUT2D eigenvalue weighted by Gasteiger charge is -2.43. The zero-order valence-electron chi connectivity index (χ0n) is 13.5. The summed E-state index contributed by atoms with van der Waals surface area (Å²) in [6.07, 6.45) is 1.14. The highest BCUT2D eigenvalue weighted by Crippen LogP contribution is 2.40. The Bertz CT molecular complexity index is 640. The molecule has 0 N–H and O–H groups in total. The van der Waals surface area contributed by atoms with Gasteiger partial charge in [0, 0.05) is 32.0 Å². The number of ketones is 1. The van der Waals surface area contributed by atoms with Crippen LogP contribution in [0.15, 0.2) is 18.2 Å². The molecule has 0 aliphatic carbocycles. The number of alkyl halides is 1. The highest BCUT2D eigenvalue weighted by atomic mass is 35.5. The summed E-state index contributed by atoms with van der Waals surface area (Å²) in [4.78, 5) is 26.0. The molecule has 2 heterocycles.